The maximum absolute atomic E-state index is 12.7. The SMILES string of the molecule is CN(C(=O)C=Cc1ccc2c(c1)CCO2)C1CCCc2ccccc21. The van der Waals surface area contributed by atoms with Crippen LogP contribution in [0.5, 0.6) is 5.75 Å². The molecule has 1 amide bonds. The fourth-order valence-electron chi connectivity index (χ4n) is 3.88. The molecule has 128 valence electrons. The molecule has 0 aromatic heterocycles. The molecule has 0 radical (unpaired) electrons. The number of hydrogen-bond donors (Lipinski definition) is 0. The Morgan fingerprint density at radius 1 is 1.16 bits per heavy atom. The Labute approximate surface area is 148 Å². The van der Waals surface area contributed by atoms with Gasteiger partial charge in [0.2, 0.25) is 5.91 Å². The van der Waals surface area contributed by atoms with Crippen molar-refractivity contribution < 1.29 is 9.53 Å². The van der Waals surface area contributed by atoms with Crippen molar-refractivity contribution in [2.24, 2.45) is 0 Å². The summed E-state index contributed by atoms with van der Waals surface area (Å²) in [5.74, 6) is 1.03. The first-order valence-electron chi connectivity index (χ1n) is 9.01. The third kappa shape index (κ3) is 3.19. The second-order valence-electron chi connectivity index (χ2n) is 6.85. The summed E-state index contributed by atoms with van der Waals surface area (Å²) in [5, 5.41) is 0. The molecule has 1 aliphatic carbocycles. The molecule has 3 heteroatoms. The lowest BCUT2D eigenvalue weighted by molar-refractivity contribution is -0.127. The van der Waals surface area contributed by atoms with Crippen LogP contribution in [0, 0.1) is 0 Å². The highest BCUT2D eigenvalue weighted by atomic mass is 16.5. The van der Waals surface area contributed by atoms with E-state index in [-0.39, 0.29) is 11.9 Å². The Balaban J connectivity index is 1.50. The highest BCUT2D eigenvalue weighted by Crippen LogP contribution is 2.33. The molecule has 0 saturated carbocycles. The fourth-order valence-corrected chi connectivity index (χ4v) is 3.88. The lowest BCUT2D eigenvalue weighted by Gasteiger charge is -2.32. The van der Waals surface area contributed by atoms with E-state index in [0.29, 0.717) is 0 Å². The van der Waals surface area contributed by atoms with Gasteiger partial charge in [0.05, 0.1) is 12.6 Å². The molecule has 1 unspecified atom stereocenters. The highest BCUT2D eigenvalue weighted by Gasteiger charge is 2.25. The number of rotatable bonds is 3. The highest BCUT2D eigenvalue weighted by molar-refractivity contribution is 5.92. The first-order chi connectivity index (χ1) is 12.2. The van der Waals surface area contributed by atoms with Gasteiger partial charge in [0.25, 0.3) is 0 Å². The molecule has 1 aliphatic heterocycles. The summed E-state index contributed by atoms with van der Waals surface area (Å²) in [6.07, 6.45) is 7.82. The molecule has 25 heavy (non-hydrogen) atoms. The minimum atomic E-state index is 0.0541. The van der Waals surface area contributed by atoms with Gasteiger partial charge in [-0.2, -0.15) is 0 Å². The normalized spacial score (nSPS) is 18.5. The van der Waals surface area contributed by atoms with Crippen LogP contribution >= 0.6 is 0 Å². The summed E-state index contributed by atoms with van der Waals surface area (Å²) in [4.78, 5) is 14.6. The summed E-state index contributed by atoms with van der Waals surface area (Å²) in [6, 6.07) is 14.8. The van der Waals surface area contributed by atoms with Crippen LogP contribution in [0.2, 0.25) is 0 Å². The summed E-state index contributed by atoms with van der Waals surface area (Å²) in [5.41, 5.74) is 4.95. The quantitative estimate of drug-likeness (QED) is 0.789. The van der Waals surface area contributed by atoms with Crippen LogP contribution in [-0.4, -0.2) is 24.5 Å². The number of carbonyl (C=O) groups is 1. The zero-order valence-corrected chi connectivity index (χ0v) is 14.6. The van der Waals surface area contributed by atoms with Crippen LogP contribution < -0.4 is 4.74 Å². The number of likely N-dealkylation sites (N-methyl/N-ethyl adjacent to an activating group) is 1. The molecule has 2 aromatic rings. The summed E-state index contributed by atoms with van der Waals surface area (Å²) in [7, 11) is 1.91. The van der Waals surface area contributed by atoms with Crippen molar-refractivity contribution >= 4 is 12.0 Å². The molecule has 2 aromatic carbocycles. The maximum atomic E-state index is 12.7. The average Bonchev–Trinajstić information content (AvgIpc) is 3.13. The number of hydrogen-bond acceptors (Lipinski definition) is 2. The van der Waals surface area contributed by atoms with Crippen molar-refractivity contribution in [2.45, 2.75) is 31.7 Å². The Hall–Kier alpha value is -2.55. The molecule has 0 spiro atoms. The van der Waals surface area contributed by atoms with E-state index in [0.717, 1.165) is 43.6 Å². The number of benzene rings is 2. The predicted octanol–water partition coefficient (Wildman–Crippen LogP) is 4.17. The van der Waals surface area contributed by atoms with E-state index < -0.39 is 0 Å². The number of nitrogens with zero attached hydrogens (tertiary/aromatic N) is 1. The van der Waals surface area contributed by atoms with E-state index >= 15 is 0 Å². The predicted molar refractivity (Wildman–Crippen MR) is 99.6 cm³/mol. The molecule has 3 nitrogen and oxygen atoms in total. The van der Waals surface area contributed by atoms with Crippen molar-refractivity contribution in [3.63, 3.8) is 0 Å². The molecule has 0 saturated heterocycles. The van der Waals surface area contributed by atoms with Crippen molar-refractivity contribution in [3.8, 4) is 5.75 Å². The van der Waals surface area contributed by atoms with Crippen molar-refractivity contribution in [2.75, 3.05) is 13.7 Å². The van der Waals surface area contributed by atoms with E-state index in [1.54, 1.807) is 6.08 Å². The molecule has 1 atom stereocenters. The van der Waals surface area contributed by atoms with Gasteiger partial charge in [-0.15, -0.1) is 0 Å². The summed E-state index contributed by atoms with van der Waals surface area (Å²) < 4.78 is 5.53. The first kappa shape index (κ1) is 15.9. The van der Waals surface area contributed by atoms with Gasteiger partial charge in [-0.3, -0.25) is 4.79 Å². The van der Waals surface area contributed by atoms with Gasteiger partial charge in [0.1, 0.15) is 5.75 Å². The minimum Gasteiger partial charge on any atom is -0.493 e. The topological polar surface area (TPSA) is 29.5 Å². The molecule has 1 heterocycles. The van der Waals surface area contributed by atoms with Crippen molar-refractivity contribution in [1.82, 2.24) is 4.90 Å². The molecular formula is C22H23NO2. The number of carbonyl (C=O) groups excluding carboxylic acids is 1. The van der Waals surface area contributed by atoms with E-state index in [1.807, 2.05) is 30.2 Å². The van der Waals surface area contributed by atoms with Gasteiger partial charge in [0.15, 0.2) is 0 Å². The smallest absolute Gasteiger partial charge is 0.246 e. The zero-order chi connectivity index (χ0) is 17.2. The van der Waals surface area contributed by atoms with Crippen molar-refractivity contribution in [3.05, 3.63) is 70.8 Å². The van der Waals surface area contributed by atoms with Crippen LogP contribution in [0.4, 0.5) is 0 Å². The maximum Gasteiger partial charge on any atom is 0.246 e. The second-order valence-corrected chi connectivity index (χ2v) is 6.85. The van der Waals surface area contributed by atoms with E-state index in [2.05, 4.69) is 30.3 Å². The Morgan fingerprint density at radius 3 is 2.96 bits per heavy atom. The van der Waals surface area contributed by atoms with Crippen LogP contribution in [0.15, 0.2) is 48.5 Å². The minimum absolute atomic E-state index is 0.0541. The molecule has 4 rings (SSSR count). The van der Waals surface area contributed by atoms with Crippen LogP contribution in [0.25, 0.3) is 6.08 Å². The monoisotopic (exact) mass is 333 g/mol. The summed E-state index contributed by atoms with van der Waals surface area (Å²) in [6.45, 7) is 0.755. The van der Waals surface area contributed by atoms with Crippen LogP contribution in [-0.2, 0) is 17.6 Å². The second kappa shape index (κ2) is 6.75. The van der Waals surface area contributed by atoms with Gasteiger partial charge >= 0.3 is 0 Å². The molecule has 0 N–H and O–H groups in total. The Morgan fingerprint density at radius 2 is 2.04 bits per heavy atom. The van der Waals surface area contributed by atoms with Crippen LogP contribution in [0.3, 0.4) is 0 Å². The summed E-state index contributed by atoms with van der Waals surface area (Å²) >= 11 is 0. The van der Waals surface area contributed by atoms with E-state index in [9.17, 15) is 4.79 Å². The average molecular weight is 333 g/mol. The molecule has 2 aliphatic rings. The molecule has 0 bridgehead atoms. The lowest BCUT2D eigenvalue weighted by atomic mass is 9.87. The Kier molecular flexibility index (Phi) is 4.31. The standard InChI is InChI=1S/C22H23NO2/c1-23(20-8-4-6-17-5-2-3-7-19(17)20)22(24)12-10-16-9-11-21-18(15-16)13-14-25-21/h2-3,5,7,9-12,15,20H,4,6,8,13-14H2,1H3. The third-order valence-corrected chi connectivity index (χ3v) is 5.28. The molecular weight excluding hydrogens is 310 g/mol. The van der Waals surface area contributed by atoms with Crippen LogP contribution in [0.1, 0.15) is 41.1 Å². The number of ether oxygens (including phenoxy) is 1. The van der Waals surface area contributed by atoms with E-state index in [1.165, 1.54) is 16.7 Å². The van der Waals surface area contributed by atoms with Gasteiger partial charge in [-0.1, -0.05) is 30.3 Å². The lowest BCUT2D eigenvalue weighted by Crippen LogP contribution is -2.32. The Bertz CT molecular complexity index is 825. The number of amides is 1. The van der Waals surface area contributed by atoms with E-state index in [4.69, 9.17) is 4.74 Å². The van der Waals surface area contributed by atoms with Gasteiger partial charge in [-0.05, 0) is 59.7 Å². The first-order valence-corrected chi connectivity index (χ1v) is 9.01. The largest absolute Gasteiger partial charge is 0.493 e. The third-order valence-electron chi connectivity index (χ3n) is 5.28. The fraction of sp³-hybridized carbons (Fsp3) is 0.318. The van der Waals surface area contributed by atoms with Crippen molar-refractivity contribution in [1.29, 1.82) is 0 Å². The van der Waals surface area contributed by atoms with Gasteiger partial charge in [0, 0.05) is 19.5 Å². The number of fused-ring (bicyclic) bond motifs is 2. The van der Waals surface area contributed by atoms with Gasteiger partial charge in [-0.25, -0.2) is 0 Å². The van der Waals surface area contributed by atoms with Gasteiger partial charge < -0.3 is 9.64 Å². The number of aryl methyl sites for hydroxylation is 1. The zero-order valence-electron chi connectivity index (χ0n) is 14.6. The molecule has 0 fully saturated rings.